The number of rotatable bonds is 4. The van der Waals surface area contributed by atoms with E-state index >= 15 is 0 Å². The molecule has 0 heterocycles. The van der Waals surface area contributed by atoms with Gasteiger partial charge in [0.1, 0.15) is 0 Å². The summed E-state index contributed by atoms with van der Waals surface area (Å²) < 4.78 is 0. The van der Waals surface area contributed by atoms with Crippen LogP contribution in [-0.2, 0) is 21.7 Å². The van der Waals surface area contributed by atoms with Crippen LogP contribution in [0.5, 0.6) is 0 Å². The summed E-state index contributed by atoms with van der Waals surface area (Å²) >= 11 is 0. The fourth-order valence-electron chi connectivity index (χ4n) is 14.8. The third kappa shape index (κ3) is 7.22. The zero-order valence-corrected chi connectivity index (χ0v) is 47.1. The van der Waals surface area contributed by atoms with E-state index in [9.17, 15) is 0 Å². The Morgan fingerprint density at radius 2 is 0.403 bits per heavy atom. The molecule has 0 saturated heterocycles. The maximum atomic E-state index is 2.74. The zero-order chi connectivity index (χ0) is 52.6. The van der Waals surface area contributed by atoms with Gasteiger partial charge in [-0.05, 0) is 179 Å². The molecule has 0 nitrogen and oxygen atoms in total. The van der Waals surface area contributed by atoms with E-state index in [1.54, 1.807) is 0 Å². The van der Waals surface area contributed by atoms with Crippen LogP contribution in [0.25, 0.3) is 89.0 Å². The van der Waals surface area contributed by atoms with Crippen LogP contribution < -0.4 is 20.7 Å². The lowest BCUT2D eigenvalue weighted by atomic mass is 9.63. The van der Waals surface area contributed by atoms with Crippen molar-refractivity contribution < 1.29 is 0 Å². The zero-order valence-electron chi connectivity index (χ0n) is 46.1. The van der Waals surface area contributed by atoms with E-state index in [0.717, 1.165) is 12.8 Å². The molecule has 10 aromatic rings. The predicted octanol–water partition coefficient (Wildman–Crippen LogP) is 17.7. The number of fused-ring (bicyclic) bond motifs is 18. The Morgan fingerprint density at radius 3 is 0.662 bits per heavy atom. The number of benzene rings is 10. The van der Waals surface area contributed by atoms with Crippen molar-refractivity contribution in [3.8, 4) is 89.0 Å². The molecule has 10 aromatic carbocycles. The fraction of sp³-hybridized carbons (Fsp3) is 0.211. The molecule has 0 unspecified atom stereocenters. The summed E-state index contributed by atoms with van der Waals surface area (Å²) in [5, 5.41) is 5.71. The molecule has 0 fully saturated rings. The summed E-state index contributed by atoms with van der Waals surface area (Å²) in [5.74, 6) is 0. The maximum absolute atomic E-state index is 3.38. The van der Waals surface area contributed by atoms with Crippen LogP contribution in [0.1, 0.15) is 103 Å². The van der Waals surface area contributed by atoms with Gasteiger partial charge in [-0.25, -0.2) is 0 Å². The largest absolute Gasteiger partial charge is 0.179 e. The van der Waals surface area contributed by atoms with Crippen molar-refractivity contribution in [2.24, 2.45) is 0 Å². The van der Waals surface area contributed by atoms with Gasteiger partial charge in [0.15, 0.2) is 8.07 Å². The van der Waals surface area contributed by atoms with Gasteiger partial charge < -0.3 is 0 Å². The van der Waals surface area contributed by atoms with Gasteiger partial charge in [-0.15, -0.1) is 0 Å². The molecule has 0 atom stereocenters. The molecule has 1 heteroatoms. The molecule has 0 spiro atoms. The predicted molar refractivity (Wildman–Crippen MR) is 331 cm³/mol. The van der Waals surface area contributed by atoms with E-state index in [4.69, 9.17) is 0 Å². The first-order chi connectivity index (χ1) is 37.2. The van der Waals surface area contributed by atoms with Gasteiger partial charge in [0.2, 0.25) is 0 Å². The van der Waals surface area contributed by atoms with Gasteiger partial charge in [0, 0.05) is 0 Å². The lowest BCUT2D eigenvalue weighted by Gasteiger charge is -2.45. The fourth-order valence-corrected chi connectivity index (χ4v) is 19.6. The Balaban J connectivity index is 1.16. The SMILES string of the molecule is CC1(C)CCC(C)(C)c2cc([Si](c3ccc4c(c3)-c3ccccc3-c3ccccc3-c3ccccc3-4)(c3ccc4c(c3)-c3ccccc3-c3ccccc3-c3ccccc3-4)c3ccc4c(c3)C(C)(C)CCC4(C)C)ccc21. The first kappa shape index (κ1) is 47.8. The first-order valence-corrected chi connectivity index (χ1v) is 30.3. The molecular weight excluding hydrogens is 941 g/mol. The topological polar surface area (TPSA) is 0 Å². The van der Waals surface area contributed by atoms with Crippen molar-refractivity contribution in [1.29, 1.82) is 0 Å². The lowest BCUT2D eigenvalue weighted by molar-refractivity contribution is 0.332. The van der Waals surface area contributed by atoms with Crippen molar-refractivity contribution in [3.63, 3.8) is 0 Å². The van der Waals surface area contributed by atoms with Crippen LogP contribution in [-0.4, -0.2) is 8.07 Å². The van der Waals surface area contributed by atoms with Crippen molar-refractivity contribution in [1.82, 2.24) is 0 Å². The molecule has 0 radical (unpaired) electrons. The normalized spacial score (nSPS) is 16.5. The Hall–Kier alpha value is -7.58. The highest BCUT2D eigenvalue weighted by Crippen LogP contribution is 2.51. The average molecular weight is 1010 g/mol. The van der Waals surface area contributed by atoms with Gasteiger partial charge >= 0.3 is 0 Å². The lowest BCUT2D eigenvalue weighted by Crippen LogP contribution is -2.75. The molecule has 0 N–H and O–H groups in total. The van der Waals surface area contributed by atoms with Gasteiger partial charge in [-0.1, -0.05) is 274 Å². The molecule has 77 heavy (non-hydrogen) atoms. The minimum Gasteiger partial charge on any atom is -0.0616 e. The second kappa shape index (κ2) is 17.2. The Bertz CT molecular complexity index is 3780. The molecule has 376 valence electrons. The van der Waals surface area contributed by atoms with Crippen LogP contribution in [0.15, 0.2) is 218 Å². The van der Waals surface area contributed by atoms with Crippen molar-refractivity contribution >= 4 is 28.8 Å². The highest BCUT2D eigenvalue weighted by Gasteiger charge is 2.47. The molecule has 0 aromatic heterocycles. The smallest absolute Gasteiger partial charge is 0.0616 e. The molecule has 0 aliphatic heterocycles. The first-order valence-electron chi connectivity index (χ1n) is 28.3. The van der Waals surface area contributed by atoms with E-state index in [-0.39, 0.29) is 21.7 Å². The summed E-state index contributed by atoms with van der Waals surface area (Å²) in [6.07, 6.45) is 4.66. The van der Waals surface area contributed by atoms with Gasteiger partial charge in [0.05, 0.1) is 0 Å². The maximum Gasteiger partial charge on any atom is 0.179 e. The number of hydrogen-bond acceptors (Lipinski definition) is 0. The van der Waals surface area contributed by atoms with E-state index in [1.165, 1.54) is 145 Å². The standard InChI is InChI=1S/C76H68Si/c1-73(2)41-43-75(5,6)71-47-51(35-39-69(71)73)77(52-36-40-70-72(48-52)76(7,8)44-42-74(70,3)4,49-33-37-65-61-29-15-13-25-57(61)53-21-9-11-23-55(53)59-27-17-19-31-63(59)67(65)45-49)50-34-38-66-62-30-16-14-26-58(62)54-22-10-12-24-56(54)60-28-18-20-32-64(60)68(66)46-50/h9-40,45-48H,41-44H2,1-8H3. The minimum atomic E-state index is -3.38. The average Bonchev–Trinajstić information content (AvgIpc) is 3.53. The third-order valence-electron chi connectivity index (χ3n) is 19.4. The second-order valence-corrected chi connectivity index (χ2v) is 29.4. The molecule has 0 amide bonds. The Kier molecular flexibility index (Phi) is 10.7. The Labute approximate surface area is 458 Å². The third-order valence-corrected chi connectivity index (χ3v) is 24.1. The van der Waals surface area contributed by atoms with E-state index in [0.29, 0.717) is 0 Å². The van der Waals surface area contributed by atoms with E-state index in [2.05, 4.69) is 274 Å². The molecule has 4 aliphatic carbocycles. The quantitative estimate of drug-likeness (QED) is 0.122. The van der Waals surface area contributed by atoms with Gasteiger partial charge in [-0.3, -0.25) is 0 Å². The summed E-state index contributed by atoms with van der Waals surface area (Å²) in [7, 11) is -3.38. The Morgan fingerprint density at radius 1 is 0.208 bits per heavy atom. The van der Waals surface area contributed by atoms with Gasteiger partial charge in [-0.2, -0.15) is 0 Å². The van der Waals surface area contributed by atoms with Crippen molar-refractivity contribution in [2.45, 2.75) is 103 Å². The second-order valence-electron chi connectivity index (χ2n) is 25.6. The van der Waals surface area contributed by atoms with Crippen molar-refractivity contribution in [3.05, 3.63) is 241 Å². The van der Waals surface area contributed by atoms with E-state index in [1.807, 2.05) is 0 Å². The minimum absolute atomic E-state index is 0.00694. The summed E-state index contributed by atoms with van der Waals surface area (Å²) in [6.45, 7) is 19.9. The van der Waals surface area contributed by atoms with Crippen LogP contribution in [0.3, 0.4) is 0 Å². The highest BCUT2D eigenvalue weighted by atomic mass is 28.3. The van der Waals surface area contributed by atoms with Crippen molar-refractivity contribution in [2.75, 3.05) is 0 Å². The van der Waals surface area contributed by atoms with Crippen LogP contribution in [0.2, 0.25) is 0 Å². The molecule has 0 bridgehead atoms. The van der Waals surface area contributed by atoms with Crippen LogP contribution in [0, 0.1) is 0 Å². The molecule has 14 rings (SSSR count). The summed E-state index contributed by atoms with van der Waals surface area (Å²) in [5.41, 5.74) is 26.6. The molecule has 0 saturated carbocycles. The highest BCUT2D eigenvalue weighted by molar-refractivity contribution is 7.20. The molecule has 4 aliphatic rings. The van der Waals surface area contributed by atoms with Crippen LogP contribution >= 0.6 is 0 Å². The number of hydrogen-bond donors (Lipinski definition) is 0. The molecular formula is C76H68Si. The van der Waals surface area contributed by atoms with Crippen LogP contribution in [0.4, 0.5) is 0 Å². The van der Waals surface area contributed by atoms with E-state index < -0.39 is 8.07 Å². The monoisotopic (exact) mass is 1010 g/mol. The summed E-state index contributed by atoms with van der Waals surface area (Å²) in [6, 6.07) is 86.2. The van der Waals surface area contributed by atoms with Gasteiger partial charge in [0.25, 0.3) is 0 Å². The summed E-state index contributed by atoms with van der Waals surface area (Å²) in [4.78, 5) is 0.